The van der Waals surface area contributed by atoms with E-state index in [2.05, 4.69) is 10.3 Å². The molecule has 1 saturated carbocycles. The van der Waals surface area contributed by atoms with Gasteiger partial charge in [0.25, 0.3) is 5.91 Å². The van der Waals surface area contributed by atoms with Crippen LogP contribution in [0.2, 0.25) is 5.02 Å². The molecule has 1 aliphatic rings. The Kier molecular flexibility index (Phi) is 3.88. The van der Waals surface area contributed by atoms with Gasteiger partial charge in [0, 0.05) is 16.5 Å². The molecule has 4 heteroatoms. The quantitative estimate of drug-likeness (QED) is 0.909. The van der Waals surface area contributed by atoms with Crippen molar-refractivity contribution in [3.8, 4) is 0 Å². The lowest BCUT2D eigenvalue weighted by molar-refractivity contribution is 0.0923. The van der Waals surface area contributed by atoms with Crippen LogP contribution in [0.25, 0.3) is 10.9 Å². The number of nitrogens with zero attached hydrogens (tertiary/aromatic N) is 1. The summed E-state index contributed by atoms with van der Waals surface area (Å²) in [6.07, 6.45) is 5.84. The van der Waals surface area contributed by atoms with Gasteiger partial charge in [0.2, 0.25) is 0 Å². The standard InChI is InChI=1S/C16H17ClN2O/c17-12-7-9-14-11(10-12)6-8-15(19-14)16(20)18-13-4-2-1-3-5-13/h6-10,13H,1-5H2,(H,18,20). The molecule has 0 unspecified atom stereocenters. The van der Waals surface area contributed by atoms with Crippen molar-refractivity contribution in [3.63, 3.8) is 0 Å². The fourth-order valence-corrected chi connectivity index (χ4v) is 2.91. The molecule has 1 aliphatic carbocycles. The highest BCUT2D eigenvalue weighted by atomic mass is 35.5. The first-order valence-corrected chi connectivity index (χ1v) is 7.47. The number of fused-ring (bicyclic) bond motifs is 1. The van der Waals surface area contributed by atoms with E-state index in [0.29, 0.717) is 16.8 Å². The van der Waals surface area contributed by atoms with Crippen molar-refractivity contribution < 1.29 is 4.79 Å². The number of rotatable bonds is 2. The van der Waals surface area contributed by atoms with Crippen molar-refractivity contribution in [3.05, 3.63) is 41.0 Å². The molecule has 3 rings (SSSR count). The third-order valence-electron chi connectivity index (χ3n) is 3.82. The first-order chi connectivity index (χ1) is 9.72. The van der Waals surface area contributed by atoms with Crippen molar-refractivity contribution in [2.45, 2.75) is 38.1 Å². The third-order valence-corrected chi connectivity index (χ3v) is 4.06. The van der Waals surface area contributed by atoms with Gasteiger partial charge in [-0.2, -0.15) is 0 Å². The zero-order valence-corrected chi connectivity index (χ0v) is 12.0. The van der Waals surface area contributed by atoms with Crippen molar-refractivity contribution >= 4 is 28.4 Å². The molecule has 1 aromatic heterocycles. The number of carbonyl (C=O) groups is 1. The van der Waals surface area contributed by atoms with Gasteiger partial charge >= 0.3 is 0 Å². The Morgan fingerprint density at radius 1 is 1.15 bits per heavy atom. The minimum atomic E-state index is -0.0752. The second-order valence-corrected chi connectivity index (χ2v) is 5.78. The summed E-state index contributed by atoms with van der Waals surface area (Å²) in [5, 5.41) is 4.71. The largest absolute Gasteiger partial charge is 0.348 e. The van der Waals surface area contributed by atoms with E-state index < -0.39 is 0 Å². The molecule has 20 heavy (non-hydrogen) atoms. The Hall–Kier alpha value is -1.61. The molecule has 1 fully saturated rings. The maximum Gasteiger partial charge on any atom is 0.270 e. The zero-order chi connectivity index (χ0) is 13.9. The second kappa shape index (κ2) is 5.80. The van der Waals surface area contributed by atoms with E-state index in [4.69, 9.17) is 11.6 Å². The van der Waals surface area contributed by atoms with Gasteiger partial charge in [-0.1, -0.05) is 36.9 Å². The van der Waals surface area contributed by atoms with E-state index in [1.807, 2.05) is 18.2 Å². The molecule has 1 aromatic carbocycles. The average molecular weight is 289 g/mol. The number of halogens is 1. The number of carbonyl (C=O) groups excluding carboxylic acids is 1. The number of pyridine rings is 1. The number of amides is 1. The van der Waals surface area contributed by atoms with Crippen LogP contribution in [0.3, 0.4) is 0 Å². The van der Waals surface area contributed by atoms with Gasteiger partial charge in [-0.05, 0) is 37.1 Å². The lowest BCUT2D eigenvalue weighted by Gasteiger charge is -2.22. The fourth-order valence-electron chi connectivity index (χ4n) is 2.73. The van der Waals surface area contributed by atoms with Gasteiger partial charge in [0.05, 0.1) is 5.52 Å². The Morgan fingerprint density at radius 3 is 2.75 bits per heavy atom. The average Bonchev–Trinajstić information content (AvgIpc) is 2.47. The van der Waals surface area contributed by atoms with E-state index >= 15 is 0 Å². The summed E-state index contributed by atoms with van der Waals surface area (Å²) in [6.45, 7) is 0. The molecule has 3 nitrogen and oxygen atoms in total. The predicted molar refractivity (Wildman–Crippen MR) is 81.1 cm³/mol. The van der Waals surface area contributed by atoms with Gasteiger partial charge in [-0.3, -0.25) is 4.79 Å². The van der Waals surface area contributed by atoms with Crippen molar-refractivity contribution in [2.24, 2.45) is 0 Å². The van der Waals surface area contributed by atoms with E-state index in [1.54, 1.807) is 12.1 Å². The van der Waals surface area contributed by atoms with Crippen LogP contribution in [-0.2, 0) is 0 Å². The topological polar surface area (TPSA) is 42.0 Å². The van der Waals surface area contributed by atoms with E-state index in [0.717, 1.165) is 23.7 Å². The Bertz CT molecular complexity index is 635. The highest BCUT2D eigenvalue weighted by Gasteiger charge is 2.17. The molecule has 0 atom stereocenters. The predicted octanol–water partition coefficient (Wildman–Crippen LogP) is 3.95. The first-order valence-electron chi connectivity index (χ1n) is 7.09. The van der Waals surface area contributed by atoms with Crippen LogP contribution in [0.15, 0.2) is 30.3 Å². The van der Waals surface area contributed by atoms with E-state index in [1.165, 1.54) is 19.3 Å². The zero-order valence-electron chi connectivity index (χ0n) is 11.2. The van der Waals surface area contributed by atoms with Crippen LogP contribution < -0.4 is 5.32 Å². The molecule has 0 aliphatic heterocycles. The molecular weight excluding hydrogens is 272 g/mol. The molecule has 1 heterocycles. The number of hydrogen-bond acceptors (Lipinski definition) is 2. The summed E-state index contributed by atoms with van der Waals surface area (Å²) in [5.41, 5.74) is 1.27. The molecule has 1 N–H and O–H groups in total. The summed E-state index contributed by atoms with van der Waals surface area (Å²) >= 11 is 5.94. The van der Waals surface area contributed by atoms with Gasteiger partial charge in [0.15, 0.2) is 0 Å². The molecule has 2 aromatic rings. The molecule has 1 amide bonds. The number of nitrogens with one attached hydrogen (secondary N) is 1. The molecule has 104 valence electrons. The molecule has 0 saturated heterocycles. The van der Waals surface area contributed by atoms with E-state index in [-0.39, 0.29) is 5.91 Å². The van der Waals surface area contributed by atoms with E-state index in [9.17, 15) is 4.79 Å². The smallest absolute Gasteiger partial charge is 0.270 e. The monoisotopic (exact) mass is 288 g/mol. The van der Waals surface area contributed by atoms with Crippen molar-refractivity contribution in [1.82, 2.24) is 10.3 Å². The summed E-state index contributed by atoms with van der Waals surface area (Å²) in [4.78, 5) is 16.6. The SMILES string of the molecule is O=C(NC1CCCCC1)c1ccc2cc(Cl)ccc2n1. The van der Waals surface area contributed by atoms with Crippen molar-refractivity contribution in [2.75, 3.05) is 0 Å². The number of aromatic nitrogens is 1. The highest BCUT2D eigenvalue weighted by molar-refractivity contribution is 6.31. The third kappa shape index (κ3) is 2.93. The fraction of sp³-hybridized carbons (Fsp3) is 0.375. The maximum atomic E-state index is 12.2. The minimum absolute atomic E-state index is 0.0752. The lowest BCUT2D eigenvalue weighted by Crippen LogP contribution is -2.36. The Balaban J connectivity index is 1.78. The maximum absolute atomic E-state index is 12.2. The summed E-state index contributed by atoms with van der Waals surface area (Å²) < 4.78 is 0. The highest BCUT2D eigenvalue weighted by Crippen LogP contribution is 2.20. The Morgan fingerprint density at radius 2 is 1.95 bits per heavy atom. The summed E-state index contributed by atoms with van der Waals surface area (Å²) in [6, 6.07) is 9.45. The summed E-state index contributed by atoms with van der Waals surface area (Å²) in [7, 11) is 0. The minimum Gasteiger partial charge on any atom is -0.348 e. The molecular formula is C16H17ClN2O. The van der Waals surface area contributed by atoms with Gasteiger partial charge in [-0.15, -0.1) is 0 Å². The van der Waals surface area contributed by atoms with Gasteiger partial charge in [0.1, 0.15) is 5.69 Å². The molecule has 0 radical (unpaired) electrons. The second-order valence-electron chi connectivity index (χ2n) is 5.34. The van der Waals surface area contributed by atoms with Crippen LogP contribution in [-0.4, -0.2) is 16.9 Å². The first kappa shape index (κ1) is 13.4. The molecule has 0 bridgehead atoms. The molecule has 0 spiro atoms. The van der Waals surface area contributed by atoms with Crippen LogP contribution in [0.4, 0.5) is 0 Å². The normalized spacial score (nSPS) is 16.2. The van der Waals surface area contributed by atoms with Crippen LogP contribution in [0.1, 0.15) is 42.6 Å². The Labute approximate surface area is 123 Å². The van der Waals surface area contributed by atoms with Crippen LogP contribution >= 0.6 is 11.6 Å². The van der Waals surface area contributed by atoms with Gasteiger partial charge < -0.3 is 5.32 Å². The number of benzene rings is 1. The summed E-state index contributed by atoms with van der Waals surface area (Å²) in [5.74, 6) is -0.0752. The van der Waals surface area contributed by atoms with Crippen LogP contribution in [0.5, 0.6) is 0 Å². The lowest BCUT2D eigenvalue weighted by atomic mass is 9.95. The van der Waals surface area contributed by atoms with Crippen molar-refractivity contribution in [1.29, 1.82) is 0 Å². The van der Waals surface area contributed by atoms with Crippen LogP contribution in [0, 0.1) is 0 Å². The number of hydrogen-bond donors (Lipinski definition) is 1. The van der Waals surface area contributed by atoms with Gasteiger partial charge in [-0.25, -0.2) is 4.98 Å².